The van der Waals surface area contributed by atoms with Crippen molar-refractivity contribution in [2.45, 2.75) is 34.8 Å². The number of nitrogens with two attached hydrogens (primary N) is 1. The molecule has 2 N–H and O–H groups in total. The van der Waals surface area contributed by atoms with Gasteiger partial charge in [0.25, 0.3) is 0 Å². The molecule has 1 aliphatic rings. The summed E-state index contributed by atoms with van der Waals surface area (Å²) >= 11 is 3.17. The first-order valence-electron chi connectivity index (χ1n) is 10.5. The molecule has 1 heterocycles. The SMILES string of the molecule is C=Nc1cc(OC)c(OC)cc1SCN.CSc1ccc(C(C=O)OC2CCOCC2)cc1. The minimum Gasteiger partial charge on any atom is -0.493 e. The van der Waals surface area contributed by atoms with Crippen LogP contribution < -0.4 is 15.2 Å². The Morgan fingerprint density at radius 2 is 1.82 bits per heavy atom. The van der Waals surface area contributed by atoms with Crippen LogP contribution in [0.15, 0.2) is 51.2 Å². The number of hydrogen-bond donors (Lipinski definition) is 1. The zero-order chi connectivity index (χ0) is 24.1. The third-order valence-electron chi connectivity index (χ3n) is 4.95. The monoisotopic (exact) mass is 492 g/mol. The molecule has 0 spiro atoms. The van der Waals surface area contributed by atoms with Crippen molar-refractivity contribution in [3.63, 3.8) is 0 Å². The van der Waals surface area contributed by atoms with Gasteiger partial charge in [-0.05, 0) is 49.6 Å². The number of methoxy groups -OCH3 is 2. The highest BCUT2D eigenvalue weighted by Crippen LogP contribution is 2.39. The molecule has 3 rings (SSSR count). The summed E-state index contributed by atoms with van der Waals surface area (Å²) in [6, 6.07) is 11.6. The van der Waals surface area contributed by atoms with Crippen LogP contribution in [0.1, 0.15) is 24.5 Å². The van der Waals surface area contributed by atoms with Crippen LogP contribution in [0.4, 0.5) is 5.69 Å². The highest BCUT2D eigenvalue weighted by molar-refractivity contribution is 7.99. The Bertz CT molecular complexity index is 874. The van der Waals surface area contributed by atoms with Crippen molar-refractivity contribution in [3.8, 4) is 11.5 Å². The second-order valence-corrected chi connectivity index (χ2v) is 8.86. The third kappa shape index (κ3) is 8.35. The van der Waals surface area contributed by atoms with Gasteiger partial charge in [0, 0.05) is 34.9 Å². The summed E-state index contributed by atoms with van der Waals surface area (Å²) in [5.41, 5.74) is 7.15. The maximum atomic E-state index is 11.2. The number of carbonyl (C=O) groups excluding carboxylic acids is 1. The van der Waals surface area contributed by atoms with Crippen LogP contribution in [0, 0.1) is 0 Å². The number of thioether (sulfide) groups is 2. The van der Waals surface area contributed by atoms with Gasteiger partial charge in [-0.25, -0.2) is 0 Å². The Morgan fingerprint density at radius 3 is 2.33 bits per heavy atom. The van der Waals surface area contributed by atoms with E-state index in [-0.39, 0.29) is 6.10 Å². The van der Waals surface area contributed by atoms with Crippen molar-refractivity contribution >= 4 is 42.2 Å². The van der Waals surface area contributed by atoms with Gasteiger partial charge in [-0.1, -0.05) is 12.1 Å². The Hall–Kier alpha value is -2.04. The van der Waals surface area contributed by atoms with Crippen LogP contribution in [-0.4, -0.2) is 58.7 Å². The molecule has 0 aliphatic carbocycles. The van der Waals surface area contributed by atoms with E-state index >= 15 is 0 Å². The molecule has 1 atom stereocenters. The lowest BCUT2D eigenvalue weighted by Gasteiger charge is -2.25. The van der Waals surface area contributed by atoms with Crippen LogP contribution in [0.25, 0.3) is 0 Å². The summed E-state index contributed by atoms with van der Waals surface area (Å²) in [6.45, 7) is 4.95. The Morgan fingerprint density at radius 1 is 1.18 bits per heavy atom. The Kier molecular flexibility index (Phi) is 12.3. The second-order valence-electron chi connectivity index (χ2n) is 6.92. The molecular formula is C24H32N2O5S2. The quantitative estimate of drug-likeness (QED) is 0.217. The van der Waals surface area contributed by atoms with E-state index in [1.807, 2.05) is 36.6 Å². The topological polar surface area (TPSA) is 92.4 Å². The number of hydrogen-bond acceptors (Lipinski definition) is 9. The molecule has 0 bridgehead atoms. The van der Waals surface area contributed by atoms with Crippen molar-refractivity contribution < 1.29 is 23.7 Å². The van der Waals surface area contributed by atoms with Crippen molar-refractivity contribution in [2.75, 3.05) is 39.6 Å². The van der Waals surface area contributed by atoms with Gasteiger partial charge >= 0.3 is 0 Å². The summed E-state index contributed by atoms with van der Waals surface area (Å²) in [5, 5.41) is 0. The smallest absolute Gasteiger partial charge is 0.162 e. The molecule has 180 valence electrons. The van der Waals surface area contributed by atoms with Crippen LogP contribution in [-0.2, 0) is 14.3 Å². The molecule has 0 radical (unpaired) electrons. The number of nitrogens with zero attached hydrogens (tertiary/aromatic N) is 1. The number of carbonyl (C=O) groups is 1. The predicted octanol–water partition coefficient (Wildman–Crippen LogP) is 4.89. The summed E-state index contributed by atoms with van der Waals surface area (Å²) in [6.07, 6.45) is 4.33. The van der Waals surface area contributed by atoms with Gasteiger partial charge in [0.05, 0.1) is 26.0 Å². The molecule has 7 nitrogen and oxygen atoms in total. The summed E-state index contributed by atoms with van der Waals surface area (Å²) in [7, 11) is 3.18. The van der Waals surface area contributed by atoms with Gasteiger partial charge in [0.2, 0.25) is 0 Å². The van der Waals surface area contributed by atoms with Gasteiger partial charge in [0.1, 0.15) is 6.10 Å². The van der Waals surface area contributed by atoms with Gasteiger partial charge in [0.15, 0.2) is 17.8 Å². The van der Waals surface area contributed by atoms with Gasteiger partial charge in [-0.15, -0.1) is 23.5 Å². The van der Waals surface area contributed by atoms with Gasteiger partial charge < -0.3 is 29.5 Å². The molecule has 0 saturated carbocycles. The molecule has 1 unspecified atom stereocenters. The first kappa shape index (κ1) is 27.2. The molecule has 0 amide bonds. The van der Waals surface area contributed by atoms with Gasteiger partial charge in [-0.2, -0.15) is 0 Å². The zero-order valence-corrected chi connectivity index (χ0v) is 21.0. The second kappa shape index (κ2) is 15.0. The lowest BCUT2D eigenvalue weighted by molar-refractivity contribution is -0.127. The van der Waals surface area contributed by atoms with Crippen molar-refractivity contribution in [1.82, 2.24) is 0 Å². The lowest BCUT2D eigenvalue weighted by atomic mass is 10.1. The van der Waals surface area contributed by atoms with E-state index in [1.165, 1.54) is 16.7 Å². The van der Waals surface area contributed by atoms with E-state index in [4.69, 9.17) is 24.7 Å². The average molecular weight is 493 g/mol. The zero-order valence-electron chi connectivity index (χ0n) is 19.3. The normalized spacial score (nSPS) is 14.5. The fraction of sp³-hybridized carbons (Fsp3) is 0.417. The third-order valence-corrected chi connectivity index (χ3v) is 6.50. The first-order chi connectivity index (χ1) is 16.1. The molecule has 2 aromatic rings. The molecule has 1 fully saturated rings. The van der Waals surface area contributed by atoms with Crippen LogP contribution >= 0.6 is 23.5 Å². The number of ether oxygens (including phenoxy) is 4. The van der Waals surface area contributed by atoms with E-state index in [2.05, 4.69) is 11.7 Å². The largest absolute Gasteiger partial charge is 0.493 e. The maximum absolute atomic E-state index is 11.2. The van der Waals surface area contributed by atoms with Crippen LogP contribution in [0.5, 0.6) is 11.5 Å². The van der Waals surface area contributed by atoms with Crippen molar-refractivity contribution in [3.05, 3.63) is 42.0 Å². The van der Waals surface area contributed by atoms with E-state index in [9.17, 15) is 4.79 Å². The Labute approximate surface area is 204 Å². The Balaban J connectivity index is 0.000000238. The molecule has 9 heteroatoms. The number of benzene rings is 2. The van der Waals surface area contributed by atoms with E-state index in [0.717, 1.165) is 48.5 Å². The van der Waals surface area contributed by atoms with E-state index in [1.54, 1.807) is 32.0 Å². The summed E-state index contributed by atoms with van der Waals surface area (Å²) < 4.78 is 21.5. The van der Waals surface area contributed by atoms with E-state index < -0.39 is 6.10 Å². The fourth-order valence-corrected chi connectivity index (χ4v) is 4.23. The summed E-state index contributed by atoms with van der Waals surface area (Å²) in [5.74, 6) is 1.79. The van der Waals surface area contributed by atoms with Crippen molar-refractivity contribution in [2.24, 2.45) is 10.7 Å². The van der Waals surface area contributed by atoms with Crippen LogP contribution in [0.3, 0.4) is 0 Å². The average Bonchev–Trinajstić information content (AvgIpc) is 2.88. The lowest BCUT2D eigenvalue weighted by Crippen LogP contribution is -2.25. The number of aliphatic imine (C=N–C) groups is 1. The molecule has 33 heavy (non-hydrogen) atoms. The number of aldehydes is 1. The highest BCUT2D eigenvalue weighted by atomic mass is 32.2. The molecule has 1 saturated heterocycles. The standard InChI is InChI=1S/C14H18O3S.C10H14N2O2S/c1-18-13-4-2-11(3-5-13)14(10-15)17-12-6-8-16-9-7-12;1-12-7-4-8(13-2)9(14-3)5-10(7)15-6-11/h2-5,10,12,14H,6-9H2,1H3;4-5H,1,6,11H2,2-3H3. The minimum absolute atomic E-state index is 0.133. The van der Waals surface area contributed by atoms with Crippen molar-refractivity contribution in [1.29, 1.82) is 0 Å². The van der Waals surface area contributed by atoms with Crippen LogP contribution in [0.2, 0.25) is 0 Å². The molecular weight excluding hydrogens is 460 g/mol. The van der Waals surface area contributed by atoms with E-state index in [0.29, 0.717) is 17.4 Å². The maximum Gasteiger partial charge on any atom is 0.162 e. The fourth-order valence-electron chi connectivity index (χ4n) is 3.18. The minimum atomic E-state index is -0.455. The first-order valence-corrected chi connectivity index (χ1v) is 12.7. The molecule has 2 aromatic carbocycles. The molecule has 0 aromatic heterocycles. The summed E-state index contributed by atoms with van der Waals surface area (Å²) in [4.78, 5) is 17.2. The highest BCUT2D eigenvalue weighted by Gasteiger charge is 2.20. The molecule has 1 aliphatic heterocycles. The van der Waals surface area contributed by atoms with Gasteiger partial charge in [-0.3, -0.25) is 4.99 Å². The number of rotatable bonds is 10. The predicted molar refractivity (Wildman–Crippen MR) is 136 cm³/mol.